The van der Waals surface area contributed by atoms with Crippen molar-refractivity contribution >= 4 is 33.1 Å². The molecule has 0 aliphatic heterocycles. The highest BCUT2D eigenvalue weighted by Crippen LogP contribution is 2.22. The van der Waals surface area contributed by atoms with Gasteiger partial charge in [0.05, 0.1) is 3.79 Å². The Morgan fingerprint density at radius 2 is 2.17 bits per heavy atom. The largest absolute Gasteiger partial charge is 0.370 e. The molecule has 2 rings (SSSR count). The number of hydrogen-bond donors (Lipinski definition) is 1. The van der Waals surface area contributed by atoms with Gasteiger partial charge in [-0.25, -0.2) is 9.97 Å². The van der Waals surface area contributed by atoms with Crippen LogP contribution in [0.5, 0.6) is 0 Å². The molecule has 2 aromatic rings. The minimum absolute atomic E-state index is 0.829. The second-order valence-electron chi connectivity index (χ2n) is 4.03. The van der Waals surface area contributed by atoms with Gasteiger partial charge in [0.2, 0.25) is 0 Å². The number of thiophene rings is 1. The number of aromatic nitrogens is 2. The minimum Gasteiger partial charge on any atom is -0.370 e. The first kappa shape index (κ1) is 13.5. The Kier molecular flexibility index (Phi) is 4.72. The van der Waals surface area contributed by atoms with Crippen LogP contribution in [0.25, 0.3) is 0 Å². The van der Waals surface area contributed by atoms with Gasteiger partial charge in [-0.05, 0) is 47.8 Å². The fourth-order valence-electron chi connectivity index (χ4n) is 1.70. The summed E-state index contributed by atoms with van der Waals surface area (Å²) in [7, 11) is 0. The molecule has 96 valence electrons. The Balaban J connectivity index is 1.91. The van der Waals surface area contributed by atoms with Crippen LogP contribution in [0.15, 0.2) is 22.0 Å². The highest BCUT2D eigenvalue weighted by Gasteiger charge is 2.01. The monoisotopic (exact) mass is 325 g/mol. The zero-order chi connectivity index (χ0) is 13.0. The SMILES string of the molecule is CCc1cc(NCCc2ccc(Br)s2)nc(C)n1. The van der Waals surface area contributed by atoms with Gasteiger partial charge in [-0.2, -0.15) is 0 Å². The Morgan fingerprint density at radius 1 is 1.33 bits per heavy atom. The molecule has 18 heavy (non-hydrogen) atoms. The molecule has 0 spiro atoms. The summed E-state index contributed by atoms with van der Waals surface area (Å²) in [4.78, 5) is 10.1. The fourth-order valence-corrected chi connectivity index (χ4v) is 3.18. The molecular weight excluding hydrogens is 310 g/mol. The van der Waals surface area contributed by atoms with E-state index in [0.29, 0.717) is 0 Å². The van der Waals surface area contributed by atoms with E-state index in [-0.39, 0.29) is 0 Å². The van der Waals surface area contributed by atoms with Crippen LogP contribution in [0.4, 0.5) is 5.82 Å². The molecule has 0 unspecified atom stereocenters. The molecule has 0 saturated heterocycles. The first-order valence-corrected chi connectivity index (χ1v) is 7.61. The van der Waals surface area contributed by atoms with Crippen molar-refractivity contribution in [3.05, 3.63) is 38.4 Å². The number of rotatable bonds is 5. The van der Waals surface area contributed by atoms with Crippen LogP contribution in [0.2, 0.25) is 0 Å². The number of nitrogens with zero attached hydrogens (tertiary/aromatic N) is 2. The van der Waals surface area contributed by atoms with E-state index in [1.54, 1.807) is 11.3 Å². The normalized spacial score (nSPS) is 10.6. The maximum Gasteiger partial charge on any atom is 0.129 e. The smallest absolute Gasteiger partial charge is 0.129 e. The van der Waals surface area contributed by atoms with Gasteiger partial charge in [0.25, 0.3) is 0 Å². The molecule has 0 aliphatic carbocycles. The molecule has 3 nitrogen and oxygen atoms in total. The molecule has 0 fully saturated rings. The topological polar surface area (TPSA) is 37.8 Å². The van der Waals surface area contributed by atoms with Gasteiger partial charge in [0, 0.05) is 23.2 Å². The predicted molar refractivity (Wildman–Crippen MR) is 80.4 cm³/mol. The summed E-state index contributed by atoms with van der Waals surface area (Å²) >= 11 is 5.25. The molecule has 0 saturated carbocycles. The number of anilines is 1. The number of nitrogens with one attached hydrogen (secondary N) is 1. The maximum absolute atomic E-state index is 4.39. The average molecular weight is 326 g/mol. The van der Waals surface area contributed by atoms with Crippen molar-refractivity contribution in [1.29, 1.82) is 0 Å². The summed E-state index contributed by atoms with van der Waals surface area (Å²) < 4.78 is 1.18. The molecule has 0 aliphatic rings. The summed E-state index contributed by atoms with van der Waals surface area (Å²) in [5, 5.41) is 3.36. The van der Waals surface area contributed by atoms with E-state index in [1.165, 1.54) is 8.66 Å². The van der Waals surface area contributed by atoms with Crippen molar-refractivity contribution in [2.24, 2.45) is 0 Å². The fraction of sp³-hybridized carbons (Fsp3) is 0.385. The molecule has 2 heterocycles. The van der Waals surface area contributed by atoms with Crippen molar-refractivity contribution in [3.8, 4) is 0 Å². The van der Waals surface area contributed by atoms with Crippen molar-refractivity contribution in [1.82, 2.24) is 9.97 Å². The van der Waals surface area contributed by atoms with Gasteiger partial charge in [0.1, 0.15) is 11.6 Å². The van der Waals surface area contributed by atoms with Gasteiger partial charge < -0.3 is 5.32 Å². The van der Waals surface area contributed by atoms with E-state index in [9.17, 15) is 0 Å². The van der Waals surface area contributed by atoms with Gasteiger partial charge in [-0.15, -0.1) is 11.3 Å². The van der Waals surface area contributed by atoms with Crippen LogP contribution in [-0.4, -0.2) is 16.5 Å². The molecule has 0 radical (unpaired) electrons. The molecule has 0 aromatic carbocycles. The van der Waals surface area contributed by atoms with Crippen molar-refractivity contribution in [2.75, 3.05) is 11.9 Å². The van der Waals surface area contributed by atoms with Gasteiger partial charge in [-0.3, -0.25) is 0 Å². The first-order chi connectivity index (χ1) is 8.67. The van der Waals surface area contributed by atoms with E-state index in [4.69, 9.17) is 0 Å². The lowest BCUT2D eigenvalue weighted by Crippen LogP contribution is -2.07. The third kappa shape index (κ3) is 3.78. The number of aryl methyl sites for hydroxylation is 2. The van der Waals surface area contributed by atoms with E-state index in [0.717, 1.165) is 36.7 Å². The zero-order valence-corrected chi connectivity index (χ0v) is 12.9. The van der Waals surface area contributed by atoms with E-state index < -0.39 is 0 Å². The highest BCUT2D eigenvalue weighted by atomic mass is 79.9. The zero-order valence-electron chi connectivity index (χ0n) is 10.5. The van der Waals surface area contributed by atoms with Gasteiger partial charge >= 0.3 is 0 Å². The third-order valence-electron chi connectivity index (χ3n) is 2.56. The predicted octanol–water partition coefficient (Wildman–Crippen LogP) is 3.83. The van der Waals surface area contributed by atoms with Crippen molar-refractivity contribution in [2.45, 2.75) is 26.7 Å². The molecule has 0 amide bonds. The Morgan fingerprint density at radius 3 is 2.83 bits per heavy atom. The Bertz CT molecular complexity index is 525. The quantitative estimate of drug-likeness (QED) is 0.907. The Hall–Kier alpha value is -0.940. The van der Waals surface area contributed by atoms with Crippen LogP contribution in [0.3, 0.4) is 0 Å². The lowest BCUT2D eigenvalue weighted by Gasteiger charge is -2.07. The van der Waals surface area contributed by atoms with Crippen LogP contribution in [0.1, 0.15) is 23.3 Å². The third-order valence-corrected chi connectivity index (χ3v) is 4.24. The van der Waals surface area contributed by atoms with Crippen LogP contribution in [-0.2, 0) is 12.8 Å². The minimum atomic E-state index is 0.829. The summed E-state index contributed by atoms with van der Waals surface area (Å²) in [6.07, 6.45) is 1.96. The standard InChI is InChI=1S/C13H16BrN3S/c1-3-10-8-13(17-9(2)16-10)15-7-6-11-4-5-12(14)18-11/h4-5,8H,3,6-7H2,1-2H3,(H,15,16,17). The van der Waals surface area contributed by atoms with Crippen molar-refractivity contribution < 1.29 is 0 Å². The molecule has 0 bridgehead atoms. The maximum atomic E-state index is 4.39. The van der Waals surface area contributed by atoms with E-state index in [2.05, 4.69) is 50.3 Å². The van der Waals surface area contributed by atoms with E-state index in [1.807, 2.05) is 13.0 Å². The molecule has 5 heteroatoms. The van der Waals surface area contributed by atoms with Crippen molar-refractivity contribution in [3.63, 3.8) is 0 Å². The number of hydrogen-bond acceptors (Lipinski definition) is 4. The summed E-state index contributed by atoms with van der Waals surface area (Å²) in [5.74, 6) is 1.76. The summed E-state index contributed by atoms with van der Waals surface area (Å²) in [6.45, 7) is 4.93. The summed E-state index contributed by atoms with van der Waals surface area (Å²) in [6, 6.07) is 6.26. The second-order valence-corrected chi connectivity index (χ2v) is 6.58. The van der Waals surface area contributed by atoms with Crippen LogP contribution in [0, 0.1) is 6.92 Å². The van der Waals surface area contributed by atoms with Gasteiger partial charge in [0.15, 0.2) is 0 Å². The van der Waals surface area contributed by atoms with Gasteiger partial charge in [-0.1, -0.05) is 6.92 Å². The number of halogens is 1. The van der Waals surface area contributed by atoms with Crippen LogP contribution >= 0.6 is 27.3 Å². The lowest BCUT2D eigenvalue weighted by molar-refractivity contribution is 0.935. The highest BCUT2D eigenvalue weighted by molar-refractivity contribution is 9.11. The lowest BCUT2D eigenvalue weighted by atomic mass is 10.3. The molecule has 1 N–H and O–H groups in total. The second kappa shape index (κ2) is 6.29. The first-order valence-electron chi connectivity index (χ1n) is 6.00. The van der Waals surface area contributed by atoms with E-state index >= 15 is 0 Å². The molecule has 0 atom stereocenters. The molecular formula is C13H16BrN3S. The van der Waals surface area contributed by atoms with Crippen LogP contribution < -0.4 is 5.32 Å². The average Bonchev–Trinajstić information content (AvgIpc) is 2.74. The Labute approximate surface area is 120 Å². The molecule has 2 aromatic heterocycles. The summed E-state index contributed by atoms with van der Waals surface area (Å²) in [5.41, 5.74) is 1.09.